The Balaban J connectivity index is 1.31. The molecule has 4 heteroatoms. The van der Waals surface area contributed by atoms with E-state index >= 15 is 0 Å². The summed E-state index contributed by atoms with van der Waals surface area (Å²) in [5.74, 6) is 0.956. The van der Waals surface area contributed by atoms with E-state index in [2.05, 4.69) is 34.2 Å². The van der Waals surface area contributed by atoms with Gasteiger partial charge < -0.3 is 9.64 Å². The summed E-state index contributed by atoms with van der Waals surface area (Å²) in [5, 5.41) is 9.82. The van der Waals surface area contributed by atoms with Gasteiger partial charge in [0.1, 0.15) is 5.75 Å². The first-order valence-corrected chi connectivity index (χ1v) is 10.1. The van der Waals surface area contributed by atoms with Crippen LogP contribution < -0.4 is 9.64 Å². The highest BCUT2D eigenvalue weighted by Crippen LogP contribution is 2.36. The number of aryl methyl sites for hydroxylation is 2. The lowest BCUT2D eigenvalue weighted by molar-refractivity contribution is 0.210. The number of fused-ring (bicyclic) bond motifs is 1. The summed E-state index contributed by atoms with van der Waals surface area (Å²) in [7, 11) is 0. The Morgan fingerprint density at radius 3 is 2.52 bits per heavy atom. The van der Waals surface area contributed by atoms with Gasteiger partial charge >= 0.3 is 0 Å². The molecule has 0 bridgehead atoms. The van der Waals surface area contributed by atoms with Gasteiger partial charge in [0, 0.05) is 37.6 Å². The van der Waals surface area contributed by atoms with E-state index in [1.807, 2.05) is 24.5 Å². The van der Waals surface area contributed by atoms with Crippen LogP contribution in [0.5, 0.6) is 5.75 Å². The number of pyridine rings is 1. The molecule has 0 spiro atoms. The van der Waals surface area contributed by atoms with Crippen molar-refractivity contribution in [1.29, 1.82) is 5.26 Å². The average molecular weight is 361 g/mol. The molecule has 2 aromatic rings. The van der Waals surface area contributed by atoms with E-state index in [1.54, 1.807) is 0 Å². The zero-order valence-corrected chi connectivity index (χ0v) is 15.9. The van der Waals surface area contributed by atoms with Gasteiger partial charge in [0.15, 0.2) is 0 Å². The average Bonchev–Trinajstić information content (AvgIpc) is 2.75. The molecule has 1 aromatic carbocycles. The number of hydrogen-bond donors (Lipinski definition) is 0. The van der Waals surface area contributed by atoms with Crippen LogP contribution in [-0.4, -0.2) is 24.7 Å². The van der Waals surface area contributed by atoms with E-state index < -0.39 is 0 Å². The van der Waals surface area contributed by atoms with Crippen molar-refractivity contribution in [3.05, 3.63) is 53.9 Å². The lowest BCUT2D eigenvalue weighted by Crippen LogP contribution is -2.40. The molecule has 1 saturated heterocycles. The van der Waals surface area contributed by atoms with Crippen LogP contribution in [0.15, 0.2) is 42.7 Å². The Morgan fingerprint density at radius 2 is 1.78 bits per heavy atom. The number of nitriles is 1. The van der Waals surface area contributed by atoms with E-state index in [-0.39, 0.29) is 5.41 Å². The first kappa shape index (κ1) is 17.9. The summed E-state index contributed by atoms with van der Waals surface area (Å²) >= 11 is 0. The molecule has 0 atom stereocenters. The van der Waals surface area contributed by atoms with Crippen LogP contribution in [0, 0.1) is 16.7 Å². The maximum Gasteiger partial charge on any atom is 0.119 e. The molecule has 140 valence electrons. The van der Waals surface area contributed by atoms with Crippen LogP contribution in [0.3, 0.4) is 0 Å². The molecule has 0 unspecified atom stereocenters. The van der Waals surface area contributed by atoms with Crippen molar-refractivity contribution < 1.29 is 4.74 Å². The van der Waals surface area contributed by atoms with Gasteiger partial charge in [-0.15, -0.1) is 0 Å². The SMILES string of the molecule is N#CC1(CCOc2ccc3c(c2)CCCC3)CCN(c2ccncc2)CC1. The van der Waals surface area contributed by atoms with E-state index in [9.17, 15) is 5.26 Å². The van der Waals surface area contributed by atoms with Gasteiger partial charge in [-0.2, -0.15) is 5.26 Å². The summed E-state index contributed by atoms with van der Waals surface area (Å²) in [5.41, 5.74) is 3.85. The number of piperidine rings is 1. The second-order valence-corrected chi connectivity index (χ2v) is 7.82. The number of hydrogen-bond acceptors (Lipinski definition) is 4. The second kappa shape index (κ2) is 8.00. The van der Waals surface area contributed by atoms with Crippen molar-refractivity contribution in [2.75, 3.05) is 24.6 Å². The summed E-state index contributed by atoms with van der Waals surface area (Å²) in [6, 6.07) is 13.2. The Hall–Kier alpha value is -2.54. The quantitative estimate of drug-likeness (QED) is 0.784. The third kappa shape index (κ3) is 4.08. The molecule has 0 saturated carbocycles. The normalized spacial score (nSPS) is 18.4. The number of rotatable bonds is 5. The molecule has 2 aliphatic rings. The predicted octanol–water partition coefficient (Wildman–Crippen LogP) is 4.54. The van der Waals surface area contributed by atoms with Gasteiger partial charge in [0.05, 0.1) is 18.1 Å². The minimum Gasteiger partial charge on any atom is -0.494 e. The fraction of sp³-hybridized carbons (Fsp3) is 0.478. The molecule has 2 heterocycles. The lowest BCUT2D eigenvalue weighted by atomic mass is 9.77. The maximum atomic E-state index is 9.82. The van der Waals surface area contributed by atoms with Gasteiger partial charge in [-0.25, -0.2) is 0 Å². The van der Waals surface area contributed by atoms with Crippen LogP contribution in [0.1, 0.15) is 43.2 Å². The van der Waals surface area contributed by atoms with Crippen molar-refractivity contribution in [3.63, 3.8) is 0 Å². The number of aromatic nitrogens is 1. The number of benzene rings is 1. The molecule has 1 aromatic heterocycles. The molecule has 1 aliphatic carbocycles. The van der Waals surface area contributed by atoms with Crippen LogP contribution in [0.2, 0.25) is 0 Å². The van der Waals surface area contributed by atoms with Crippen LogP contribution in [0.25, 0.3) is 0 Å². The van der Waals surface area contributed by atoms with Crippen molar-refractivity contribution in [3.8, 4) is 11.8 Å². The molecule has 4 rings (SSSR count). The van der Waals surface area contributed by atoms with E-state index in [0.29, 0.717) is 6.61 Å². The van der Waals surface area contributed by atoms with Gasteiger partial charge in [-0.05, 0) is 73.9 Å². The van der Waals surface area contributed by atoms with Crippen molar-refractivity contribution in [2.24, 2.45) is 5.41 Å². The van der Waals surface area contributed by atoms with E-state index in [0.717, 1.165) is 38.1 Å². The second-order valence-electron chi connectivity index (χ2n) is 7.82. The lowest BCUT2D eigenvalue weighted by Gasteiger charge is -2.38. The minimum atomic E-state index is -0.266. The highest BCUT2D eigenvalue weighted by Gasteiger charge is 2.34. The first-order valence-electron chi connectivity index (χ1n) is 10.1. The molecule has 0 radical (unpaired) electrons. The monoisotopic (exact) mass is 361 g/mol. The van der Waals surface area contributed by atoms with Gasteiger partial charge in [-0.1, -0.05) is 6.07 Å². The number of anilines is 1. The summed E-state index contributed by atoms with van der Waals surface area (Å²) < 4.78 is 6.04. The number of ether oxygens (including phenoxy) is 1. The standard InChI is InChI=1S/C23H27N3O/c24-18-23(9-14-26(15-10-23)21-7-12-25-13-8-21)11-16-27-22-6-5-19-3-1-2-4-20(19)17-22/h5-8,12-13,17H,1-4,9-11,14-16H2. The van der Waals surface area contributed by atoms with Crippen molar-refractivity contribution in [2.45, 2.75) is 44.9 Å². The highest BCUT2D eigenvalue weighted by atomic mass is 16.5. The Kier molecular flexibility index (Phi) is 5.29. The minimum absolute atomic E-state index is 0.266. The van der Waals surface area contributed by atoms with Crippen molar-refractivity contribution in [1.82, 2.24) is 4.98 Å². The predicted molar refractivity (Wildman–Crippen MR) is 107 cm³/mol. The summed E-state index contributed by atoms with van der Waals surface area (Å²) in [6.07, 6.45) is 11.2. The molecular weight excluding hydrogens is 334 g/mol. The molecule has 0 amide bonds. The van der Waals surface area contributed by atoms with Crippen LogP contribution >= 0.6 is 0 Å². The van der Waals surface area contributed by atoms with Crippen molar-refractivity contribution >= 4 is 5.69 Å². The van der Waals surface area contributed by atoms with Crippen LogP contribution in [-0.2, 0) is 12.8 Å². The Labute approximate surface area is 161 Å². The summed E-state index contributed by atoms with van der Waals surface area (Å²) in [4.78, 5) is 6.43. The van der Waals surface area contributed by atoms with Gasteiger partial charge in [0.25, 0.3) is 0 Å². The highest BCUT2D eigenvalue weighted by molar-refractivity contribution is 5.45. The maximum absolute atomic E-state index is 9.82. The largest absolute Gasteiger partial charge is 0.494 e. The summed E-state index contributed by atoms with van der Waals surface area (Å²) in [6.45, 7) is 2.44. The Bertz CT molecular complexity index is 804. The molecule has 4 nitrogen and oxygen atoms in total. The number of nitrogens with zero attached hydrogens (tertiary/aromatic N) is 3. The van der Waals surface area contributed by atoms with E-state index in [4.69, 9.17) is 4.74 Å². The third-order valence-electron chi connectivity index (χ3n) is 6.15. The molecule has 1 fully saturated rings. The fourth-order valence-electron chi connectivity index (χ4n) is 4.33. The third-order valence-corrected chi connectivity index (χ3v) is 6.15. The molecule has 27 heavy (non-hydrogen) atoms. The smallest absolute Gasteiger partial charge is 0.119 e. The molecule has 0 N–H and O–H groups in total. The fourth-order valence-corrected chi connectivity index (χ4v) is 4.33. The Morgan fingerprint density at radius 1 is 1.04 bits per heavy atom. The topological polar surface area (TPSA) is 49.1 Å². The first-order chi connectivity index (χ1) is 13.3. The zero-order chi connectivity index (χ0) is 18.5. The van der Waals surface area contributed by atoms with E-state index in [1.165, 1.54) is 42.5 Å². The zero-order valence-electron chi connectivity index (χ0n) is 15.9. The van der Waals surface area contributed by atoms with Gasteiger partial charge in [-0.3, -0.25) is 4.98 Å². The van der Waals surface area contributed by atoms with Crippen LogP contribution in [0.4, 0.5) is 5.69 Å². The molecule has 1 aliphatic heterocycles. The molecular formula is C23H27N3O. The van der Waals surface area contributed by atoms with Gasteiger partial charge in [0.2, 0.25) is 0 Å².